The van der Waals surface area contributed by atoms with Gasteiger partial charge in [-0.15, -0.1) is 0 Å². The van der Waals surface area contributed by atoms with Gasteiger partial charge in [0.1, 0.15) is 5.69 Å². The SMILES string of the molecule is COCCCN1Cc2cc(Cl)c3c(Cl)c(C(=O)OC)[nH]c3c2NS1. The van der Waals surface area contributed by atoms with Gasteiger partial charge in [-0.2, -0.15) is 0 Å². The summed E-state index contributed by atoms with van der Waals surface area (Å²) in [6.45, 7) is 2.34. The van der Waals surface area contributed by atoms with E-state index in [2.05, 4.69) is 14.0 Å². The molecule has 0 spiro atoms. The summed E-state index contributed by atoms with van der Waals surface area (Å²) in [6, 6.07) is 1.88. The zero-order chi connectivity index (χ0) is 17.3. The molecule has 0 saturated heterocycles. The molecule has 0 atom stereocenters. The van der Waals surface area contributed by atoms with Crippen LogP contribution in [0.15, 0.2) is 6.07 Å². The van der Waals surface area contributed by atoms with Crippen LogP contribution in [0.25, 0.3) is 10.9 Å². The molecule has 2 N–H and O–H groups in total. The number of carbonyl (C=O) groups excluding carboxylic acids is 1. The summed E-state index contributed by atoms with van der Waals surface area (Å²) >= 11 is 14.2. The number of methoxy groups -OCH3 is 2. The Morgan fingerprint density at radius 1 is 1.42 bits per heavy atom. The quantitative estimate of drug-likeness (QED) is 0.456. The lowest BCUT2D eigenvalue weighted by atomic mass is 10.1. The molecule has 0 amide bonds. The number of rotatable bonds is 5. The molecule has 1 aromatic heterocycles. The van der Waals surface area contributed by atoms with E-state index < -0.39 is 5.97 Å². The number of nitrogens with one attached hydrogen (secondary N) is 2. The zero-order valence-corrected chi connectivity index (χ0v) is 15.6. The van der Waals surface area contributed by atoms with Crippen LogP contribution in [-0.2, 0) is 16.0 Å². The molecule has 130 valence electrons. The van der Waals surface area contributed by atoms with Gasteiger partial charge in [-0.1, -0.05) is 23.2 Å². The van der Waals surface area contributed by atoms with E-state index in [-0.39, 0.29) is 10.7 Å². The fourth-order valence-corrected chi connectivity index (χ4v) is 4.24. The van der Waals surface area contributed by atoms with Crippen LogP contribution in [0.5, 0.6) is 0 Å². The highest BCUT2D eigenvalue weighted by Crippen LogP contribution is 2.43. The third-order valence-corrected chi connectivity index (χ3v) is 5.36. The largest absolute Gasteiger partial charge is 0.464 e. The van der Waals surface area contributed by atoms with Crippen LogP contribution in [0.3, 0.4) is 0 Å². The Balaban J connectivity index is 1.97. The van der Waals surface area contributed by atoms with Crippen molar-refractivity contribution in [2.24, 2.45) is 0 Å². The highest BCUT2D eigenvalue weighted by Gasteiger charge is 2.26. The van der Waals surface area contributed by atoms with E-state index >= 15 is 0 Å². The van der Waals surface area contributed by atoms with Crippen LogP contribution in [-0.4, -0.2) is 42.6 Å². The van der Waals surface area contributed by atoms with Crippen molar-refractivity contribution in [1.29, 1.82) is 0 Å². The van der Waals surface area contributed by atoms with E-state index in [0.717, 1.165) is 37.4 Å². The molecule has 6 nitrogen and oxygen atoms in total. The van der Waals surface area contributed by atoms with Crippen molar-refractivity contribution >= 4 is 57.9 Å². The lowest BCUT2D eigenvalue weighted by Gasteiger charge is -2.28. The molecule has 3 rings (SSSR count). The number of benzene rings is 1. The fourth-order valence-electron chi connectivity index (χ4n) is 2.67. The van der Waals surface area contributed by atoms with Gasteiger partial charge in [0.25, 0.3) is 0 Å². The van der Waals surface area contributed by atoms with Crippen LogP contribution < -0.4 is 4.72 Å². The first-order chi connectivity index (χ1) is 11.6. The van der Waals surface area contributed by atoms with Crippen LogP contribution in [0, 0.1) is 0 Å². The van der Waals surface area contributed by atoms with Gasteiger partial charge < -0.3 is 19.2 Å². The lowest BCUT2D eigenvalue weighted by molar-refractivity contribution is 0.0595. The van der Waals surface area contributed by atoms with Gasteiger partial charge in [-0.3, -0.25) is 0 Å². The van der Waals surface area contributed by atoms with Crippen LogP contribution >= 0.6 is 35.3 Å². The van der Waals surface area contributed by atoms with Gasteiger partial charge in [0.2, 0.25) is 0 Å². The molecular weight excluding hydrogens is 373 g/mol. The van der Waals surface area contributed by atoms with E-state index in [1.54, 1.807) is 7.11 Å². The number of H-pyrrole nitrogens is 1. The molecule has 2 aromatic rings. The fraction of sp³-hybridized carbons (Fsp3) is 0.400. The Kier molecular flexibility index (Phi) is 5.46. The molecule has 2 heterocycles. The topological polar surface area (TPSA) is 66.6 Å². The van der Waals surface area contributed by atoms with Crippen molar-refractivity contribution in [2.45, 2.75) is 13.0 Å². The molecule has 1 aromatic carbocycles. The van der Waals surface area contributed by atoms with Crippen LogP contribution in [0.4, 0.5) is 5.69 Å². The summed E-state index contributed by atoms with van der Waals surface area (Å²) < 4.78 is 15.3. The summed E-state index contributed by atoms with van der Waals surface area (Å²) in [4.78, 5) is 14.9. The number of carbonyl (C=O) groups is 1. The first kappa shape index (κ1) is 17.7. The summed E-state index contributed by atoms with van der Waals surface area (Å²) in [6.07, 6.45) is 0.942. The number of anilines is 1. The first-order valence-electron chi connectivity index (χ1n) is 7.34. The van der Waals surface area contributed by atoms with Crippen molar-refractivity contribution in [3.63, 3.8) is 0 Å². The number of aromatic amines is 1. The van der Waals surface area contributed by atoms with Crippen molar-refractivity contribution in [3.05, 3.63) is 27.4 Å². The standard InChI is InChI=1S/C15H17Cl2N3O3S/c1-22-5-3-4-20-7-8-6-9(16)10-11(17)14(15(21)23-2)18-13(10)12(8)19-24-20/h6,18-19H,3-5,7H2,1-2H3. The molecule has 9 heteroatoms. The maximum absolute atomic E-state index is 11.9. The van der Waals surface area contributed by atoms with E-state index in [1.165, 1.54) is 19.2 Å². The summed E-state index contributed by atoms with van der Waals surface area (Å²) in [5.41, 5.74) is 2.85. The molecule has 1 aliphatic heterocycles. The highest BCUT2D eigenvalue weighted by molar-refractivity contribution is 7.98. The monoisotopic (exact) mass is 389 g/mol. The summed E-state index contributed by atoms with van der Waals surface area (Å²) in [7, 11) is 3.01. The number of hydrogen-bond acceptors (Lipinski definition) is 6. The number of nitrogens with zero attached hydrogens (tertiary/aromatic N) is 1. The second-order valence-corrected chi connectivity index (χ2v) is 7.04. The number of fused-ring (bicyclic) bond motifs is 3. The van der Waals surface area contributed by atoms with Crippen molar-refractivity contribution in [1.82, 2.24) is 9.29 Å². The normalized spacial score (nSPS) is 14.5. The summed E-state index contributed by atoms with van der Waals surface area (Å²) in [5, 5.41) is 1.41. The molecule has 0 aliphatic carbocycles. The smallest absolute Gasteiger partial charge is 0.356 e. The molecule has 0 fully saturated rings. The maximum atomic E-state index is 11.9. The molecule has 0 saturated carbocycles. The van der Waals surface area contributed by atoms with Gasteiger partial charge in [-0.25, -0.2) is 9.10 Å². The van der Waals surface area contributed by atoms with Gasteiger partial charge >= 0.3 is 5.97 Å². The third-order valence-electron chi connectivity index (χ3n) is 3.82. The Hall–Kier alpha value is -1.12. The van der Waals surface area contributed by atoms with Crippen LogP contribution in [0.2, 0.25) is 10.0 Å². The molecule has 24 heavy (non-hydrogen) atoms. The number of halogens is 2. The second kappa shape index (κ2) is 7.41. The predicted octanol–water partition coefficient (Wildman–Crippen LogP) is 4.09. The average molecular weight is 390 g/mol. The number of esters is 1. The van der Waals surface area contributed by atoms with Crippen molar-refractivity contribution in [3.8, 4) is 0 Å². The van der Waals surface area contributed by atoms with Crippen LogP contribution in [0.1, 0.15) is 22.5 Å². The molecular formula is C15H17Cl2N3O3S. The Morgan fingerprint density at radius 2 is 2.21 bits per heavy atom. The summed E-state index contributed by atoms with van der Waals surface area (Å²) in [5.74, 6) is -0.523. The third kappa shape index (κ3) is 3.19. The van der Waals surface area contributed by atoms with E-state index in [1.807, 2.05) is 6.07 Å². The molecule has 0 radical (unpaired) electrons. The second-order valence-electron chi connectivity index (χ2n) is 5.35. The average Bonchev–Trinajstić information content (AvgIpc) is 2.92. The minimum absolute atomic E-state index is 0.207. The van der Waals surface area contributed by atoms with E-state index in [0.29, 0.717) is 15.9 Å². The highest BCUT2D eigenvalue weighted by atomic mass is 35.5. The molecule has 0 unspecified atom stereocenters. The molecule has 0 bridgehead atoms. The van der Waals surface area contributed by atoms with Crippen molar-refractivity contribution < 1.29 is 14.3 Å². The molecule has 1 aliphatic rings. The van der Waals surface area contributed by atoms with Crippen molar-refractivity contribution in [2.75, 3.05) is 32.1 Å². The van der Waals surface area contributed by atoms with Gasteiger partial charge in [0, 0.05) is 44.3 Å². The zero-order valence-electron chi connectivity index (χ0n) is 13.2. The Labute approximate surface area is 154 Å². The minimum atomic E-state index is -0.523. The lowest BCUT2D eigenvalue weighted by Crippen LogP contribution is -2.24. The first-order valence-corrected chi connectivity index (χ1v) is 8.87. The predicted molar refractivity (Wildman–Crippen MR) is 97.8 cm³/mol. The number of ether oxygens (including phenoxy) is 2. The van der Waals surface area contributed by atoms with Gasteiger partial charge in [0.05, 0.1) is 28.4 Å². The Morgan fingerprint density at radius 3 is 2.92 bits per heavy atom. The van der Waals surface area contributed by atoms with Gasteiger partial charge in [0.15, 0.2) is 0 Å². The van der Waals surface area contributed by atoms with E-state index in [4.69, 9.17) is 32.7 Å². The van der Waals surface area contributed by atoms with Gasteiger partial charge in [-0.05, 0) is 18.1 Å². The Bertz CT molecular complexity index is 781. The maximum Gasteiger partial charge on any atom is 0.356 e. The van der Waals surface area contributed by atoms with E-state index in [9.17, 15) is 4.79 Å². The number of hydrogen-bond donors (Lipinski definition) is 2. The number of aromatic nitrogens is 1. The minimum Gasteiger partial charge on any atom is -0.464 e.